The van der Waals surface area contributed by atoms with Gasteiger partial charge in [0.05, 0.1) is 69.5 Å². The number of H-pyrrole nitrogens is 5. The highest BCUT2D eigenvalue weighted by molar-refractivity contribution is 9.10. The number of aromatic nitrogens is 8. The number of esters is 1. The molecular weight excluding hydrogens is 1700 g/mol. The summed E-state index contributed by atoms with van der Waals surface area (Å²) in [6.07, 6.45) is 9.15. The summed E-state index contributed by atoms with van der Waals surface area (Å²) in [7, 11) is -3.89. The van der Waals surface area contributed by atoms with Gasteiger partial charge in [0.2, 0.25) is 0 Å². The zero-order chi connectivity index (χ0) is 88.6. The number of nitrogens with zero attached hydrogens (tertiary/aromatic N) is 6. The zero-order valence-corrected chi connectivity index (χ0v) is 67.7. The maximum atomic E-state index is 14.3. The van der Waals surface area contributed by atoms with Gasteiger partial charge in [-0.15, -0.1) is 5.10 Å². The standard InChI is InChI=1S/C22H18FN3O4.C13H10FNO4.C11H6FNO4.C11H14N3O5P.C11H14N2O.C9H6FNO.C8H5BrFN/c23-17-7-6-15(13-27)19-18(17)16(12-24-19)20(28)22(30)26-10-8-25(9-11-26)21(29)14-4-2-1-3-5-14;1-2-19-13(18)12(17)8-5-15-11-7(6-16)3-4-9(14)10(8)11;12-7-2-1-5(4-14)9-8(7)6(3-13-9)10(15)11(16)17;1-3-17-20(16,18-4-2)19-14-11(15)9-7-5-6-8-10(9)12-13-14;14-11(10-4-2-1-3-5-10)13-8-6-12-7-9-13;10-8-2-1-6(5-12)9-7(8)3-4-11-9;9-6-1-2-7(10)5-3-4-11-8(5)6/h1-7,12-13,24H,8-11H2;3-6,15H,2H2,1H3;1-4,13H,(H,16,17);5-8H,3-4H2,1-2H3;1-5,12H,6-9H2;1-5,11H;1-4,11H. The van der Waals surface area contributed by atoms with Crippen molar-refractivity contribution in [3.8, 4) is 0 Å². The molecule has 14 aromatic rings. The number of phosphoric acid groups is 1. The quantitative estimate of drug-likeness (QED) is 0.00987. The second kappa shape index (κ2) is 42.5. The Hall–Kier alpha value is -14.4. The number of carbonyl (C=O) groups is 12. The van der Waals surface area contributed by atoms with Crippen LogP contribution in [-0.2, 0) is 32.7 Å². The van der Waals surface area contributed by atoms with Gasteiger partial charge in [-0.25, -0.2) is 36.1 Å². The molecule has 3 amide bonds. The van der Waals surface area contributed by atoms with Gasteiger partial charge in [0, 0.05) is 148 Å². The minimum absolute atomic E-state index is 0.0506. The zero-order valence-electron chi connectivity index (χ0n) is 65.2. The van der Waals surface area contributed by atoms with E-state index in [0.29, 0.717) is 81.4 Å². The Kier molecular flexibility index (Phi) is 31.4. The molecule has 2 fully saturated rings. The summed E-state index contributed by atoms with van der Waals surface area (Å²) >= 11 is 3.31. The van der Waals surface area contributed by atoms with Crippen LogP contribution in [0.1, 0.15) is 114 Å². The number of halogens is 6. The van der Waals surface area contributed by atoms with E-state index < -0.39 is 66.0 Å². The number of fused-ring (bicyclic) bond motifs is 6. The molecule has 0 radical (unpaired) electrons. The van der Waals surface area contributed by atoms with Crippen molar-refractivity contribution in [3.05, 3.63) is 283 Å². The van der Waals surface area contributed by atoms with Gasteiger partial charge in [-0.05, 0) is 156 Å². The Bertz CT molecular complexity index is 6360. The number of carboxylic acid groups (broad SMARTS) is 1. The number of piperazine rings is 2. The molecule has 16 rings (SSSR count). The van der Waals surface area contributed by atoms with Gasteiger partial charge in [-0.1, -0.05) is 48.5 Å². The third-order valence-corrected chi connectivity index (χ3v) is 20.6. The van der Waals surface area contributed by atoms with E-state index in [-0.39, 0.29) is 122 Å². The lowest BCUT2D eigenvalue weighted by Gasteiger charge is -2.34. The number of ketones is 3. The topological polar surface area (TPSA) is 428 Å². The van der Waals surface area contributed by atoms with Gasteiger partial charge >= 0.3 is 25.3 Å². The number of Topliss-reactive ketones (excluding diaryl/α,β-unsaturated/α-hetero) is 3. The predicted molar refractivity (Wildman–Crippen MR) is 443 cm³/mol. The highest BCUT2D eigenvalue weighted by Gasteiger charge is 2.33. The first-order valence-corrected chi connectivity index (χ1v) is 39.5. The number of amides is 3. The molecule has 0 atom stereocenters. The molecule has 2 aliphatic heterocycles. The van der Waals surface area contributed by atoms with Gasteiger partial charge < -0.3 is 54.8 Å². The van der Waals surface area contributed by atoms with E-state index in [1.54, 1.807) is 105 Å². The minimum atomic E-state index is -3.89. The number of carbonyl (C=O) groups excluding carboxylic acids is 11. The number of aromatic amines is 5. The number of benzene rings is 8. The molecule has 634 valence electrons. The van der Waals surface area contributed by atoms with Gasteiger partial charge in [-0.2, -0.15) is 0 Å². The normalized spacial score (nSPS) is 12.3. The number of aliphatic carboxylic acids is 1. The van der Waals surface area contributed by atoms with Crippen LogP contribution in [0, 0.1) is 29.1 Å². The fraction of sp³-hybridized carbons (Fsp3) is 0.165. The van der Waals surface area contributed by atoms with Gasteiger partial charge in [0.1, 0.15) is 34.6 Å². The molecule has 38 heteroatoms. The van der Waals surface area contributed by atoms with E-state index in [1.807, 2.05) is 41.3 Å². The summed E-state index contributed by atoms with van der Waals surface area (Å²) in [6.45, 7) is 9.50. The number of aldehydes is 4. The van der Waals surface area contributed by atoms with Crippen LogP contribution in [0.2, 0.25) is 0 Å². The van der Waals surface area contributed by atoms with Crippen molar-refractivity contribution in [2.45, 2.75) is 20.8 Å². The number of ether oxygens (including phenoxy) is 1. The minimum Gasteiger partial charge on any atom is -0.475 e. The van der Waals surface area contributed by atoms with Crippen molar-refractivity contribution in [3.63, 3.8) is 0 Å². The SMILES string of the molecule is CCOC(=O)C(=O)c1c[nH]c2c(C=O)ccc(F)c12.CCOP(=O)(OCC)On1nnc2ccccc2c1=O.Fc1ccc(Br)c2[nH]ccc12.O=C(c1ccccc1)N1CCNCC1.O=Cc1ccc(F)c2c(C(=O)C(=O)N3CCN(C(=O)c4ccccc4)CC3)c[nH]c12.O=Cc1ccc(F)c2c(C(=O)C(=O)O)c[nH]c12.O=Cc1ccc(F)c2cc[nH]c12. The van der Waals surface area contributed by atoms with Crippen molar-refractivity contribution in [1.82, 2.24) is 60.1 Å². The lowest BCUT2D eigenvalue weighted by atomic mass is 10.0. The maximum Gasteiger partial charge on any atom is 0.550 e. The molecule has 2 aliphatic rings. The lowest BCUT2D eigenvalue weighted by molar-refractivity contribution is -0.137. The molecule has 0 unspecified atom stereocenters. The van der Waals surface area contributed by atoms with Crippen LogP contribution >= 0.6 is 23.8 Å². The molecule has 123 heavy (non-hydrogen) atoms. The summed E-state index contributed by atoms with van der Waals surface area (Å²) in [5.41, 5.74) is 3.52. The van der Waals surface area contributed by atoms with E-state index >= 15 is 0 Å². The second-order valence-corrected chi connectivity index (χ2v) is 28.4. The van der Waals surface area contributed by atoms with Crippen LogP contribution in [-0.4, -0.2) is 204 Å². The Morgan fingerprint density at radius 3 is 1.33 bits per heavy atom. The largest absolute Gasteiger partial charge is 0.550 e. The average molecular weight is 1770 g/mol. The molecule has 0 aliphatic carbocycles. The highest BCUT2D eigenvalue weighted by Crippen LogP contribution is 2.45. The van der Waals surface area contributed by atoms with Gasteiger partial charge in [-0.3, -0.25) is 66.4 Å². The fourth-order valence-corrected chi connectivity index (χ4v) is 14.1. The number of rotatable bonds is 19. The van der Waals surface area contributed by atoms with Crippen molar-refractivity contribution in [2.75, 3.05) is 72.2 Å². The summed E-state index contributed by atoms with van der Waals surface area (Å²) in [5, 5.41) is 20.2. The molecule has 8 heterocycles. The summed E-state index contributed by atoms with van der Waals surface area (Å²) in [5.74, 6) is -9.14. The predicted octanol–water partition coefficient (Wildman–Crippen LogP) is 12.9. The van der Waals surface area contributed by atoms with Crippen LogP contribution < -0.4 is 15.5 Å². The second-order valence-electron chi connectivity index (χ2n) is 26.0. The van der Waals surface area contributed by atoms with Crippen LogP contribution in [0.3, 0.4) is 0 Å². The first-order chi connectivity index (χ1) is 59.2. The summed E-state index contributed by atoms with van der Waals surface area (Å²) in [6, 6.07) is 41.1. The van der Waals surface area contributed by atoms with Crippen molar-refractivity contribution in [1.29, 1.82) is 0 Å². The Morgan fingerprint density at radius 1 is 0.463 bits per heavy atom. The van der Waals surface area contributed by atoms with Crippen LogP contribution in [0.4, 0.5) is 22.0 Å². The number of hydrogen-bond donors (Lipinski definition) is 7. The van der Waals surface area contributed by atoms with E-state index in [2.05, 4.69) is 61.2 Å². The molecule has 6 aromatic heterocycles. The number of hydrogen-bond acceptors (Lipinski definition) is 21. The number of carboxylic acids is 1. The first kappa shape index (κ1) is 90.9. The third-order valence-electron chi connectivity index (χ3n) is 18.5. The molecule has 0 saturated carbocycles. The molecule has 8 aromatic carbocycles. The Morgan fingerprint density at radius 2 is 0.870 bits per heavy atom. The van der Waals surface area contributed by atoms with Crippen LogP contribution in [0.5, 0.6) is 0 Å². The van der Waals surface area contributed by atoms with Crippen LogP contribution in [0.25, 0.3) is 65.4 Å². The molecule has 7 N–H and O–H groups in total. The molecule has 0 spiro atoms. The van der Waals surface area contributed by atoms with E-state index in [9.17, 15) is 88.8 Å². The molecule has 31 nitrogen and oxygen atoms in total. The van der Waals surface area contributed by atoms with E-state index in [1.165, 1.54) is 53.7 Å². The number of phosphoric ester groups is 1. The summed E-state index contributed by atoms with van der Waals surface area (Å²) in [4.78, 5) is 169. The average Bonchev–Trinajstić information content (AvgIpc) is 1.66. The maximum absolute atomic E-state index is 14.3. The third kappa shape index (κ3) is 21.6. The van der Waals surface area contributed by atoms with Crippen molar-refractivity contribution < 1.29 is 108 Å². The summed E-state index contributed by atoms with van der Waals surface area (Å²) < 4.78 is 100. The van der Waals surface area contributed by atoms with E-state index in [0.717, 1.165) is 66.1 Å². The first-order valence-electron chi connectivity index (χ1n) is 37.3. The fourth-order valence-electron chi connectivity index (χ4n) is 12.6. The van der Waals surface area contributed by atoms with Crippen LogP contribution in [0.15, 0.2) is 198 Å². The Labute approximate surface area is 701 Å². The molecular formula is C85H73BrF5N12O19P. The Balaban J connectivity index is 0.000000154. The van der Waals surface area contributed by atoms with Gasteiger partial charge in [0.25, 0.3) is 35.1 Å². The smallest absolute Gasteiger partial charge is 0.475 e. The van der Waals surface area contributed by atoms with Gasteiger partial charge in [0.15, 0.2) is 25.1 Å². The highest BCUT2D eigenvalue weighted by atomic mass is 79.9. The van der Waals surface area contributed by atoms with Crippen molar-refractivity contribution >= 4 is 161 Å². The monoisotopic (exact) mass is 1770 g/mol. The molecule has 2 saturated heterocycles. The van der Waals surface area contributed by atoms with Crippen molar-refractivity contribution in [2.24, 2.45) is 0 Å². The molecule has 0 bridgehead atoms. The lowest BCUT2D eigenvalue weighted by Crippen LogP contribution is -2.52. The number of nitrogens with one attached hydrogen (secondary N) is 6. The van der Waals surface area contributed by atoms with E-state index in [4.69, 9.17) is 18.8 Å².